The van der Waals surface area contributed by atoms with Gasteiger partial charge in [0.1, 0.15) is 5.82 Å². The number of aryl methyl sites for hydroxylation is 1. The first kappa shape index (κ1) is 18.5. The Kier molecular flexibility index (Phi) is 10.0. The molecular formula is C11H19Cl2N3O. The number of anilines is 1. The average molecular weight is 280 g/mol. The summed E-state index contributed by atoms with van der Waals surface area (Å²) in [5, 5.41) is 5.74. The summed E-state index contributed by atoms with van der Waals surface area (Å²) >= 11 is 0. The van der Waals surface area contributed by atoms with Crippen LogP contribution in [0.1, 0.15) is 12.5 Å². The van der Waals surface area contributed by atoms with Gasteiger partial charge in [-0.05, 0) is 31.7 Å². The van der Waals surface area contributed by atoms with E-state index in [4.69, 9.17) is 0 Å². The molecule has 1 aromatic heterocycles. The van der Waals surface area contributed by atoms with Crippen LogP contribution in [0.5, 0.6) is 0 Å². The Morgan fingerprint density at radius 2 is 2.12 bits per heavy atom. The Morgan fingerprint density at radius 3 is 2.65 bits per heavy atom. The fraction of sp³-hybridized carbons (Fsp3) is 0.455. The summed E-state index contributed by atoms with van der Waals surface area (Å²) in [6, 6.07) is 3.75. The molecule has 17 heavy (non-hydrogen) atoms. The van der Waals surface area contributed by atoms with Crippen molar-refractivity contribution in [3.05, 3.63) is 23.9 Å². The quantitative estimate of drug-likeness (QED) is 0.887. The Morgan fingerprint density at radius 1 is 1.47 bits per heavy atom. The van der Waals surface area contributed by atoms with Crippen LogP contribution in [-0.4, -0.2) is 24.5 Å². The lowest BCUT2D eigenvalue weighted by Gasteiger charge is -2.10. The van der Waals surface area contributed by atoms with Gasteiger partial charge in [-0.25, -0.2) is 4.98 Å². The third-order valence-corrected chi connectivity index (χ3v) is 2.12. The SMILES string of the molecule is CNCC(C)C(=O)Nc1cc(C)ccn1.Cl.Cl. The molecule has 4 nitrogen and oxygen atoms in total. The van der Waals surface area contributed by atoms with Crippen LogP contribution in [0.4, 0.5) is 5.82 Å². The van der Waals surface area contributed by atoms with Crippen molar-refractivity contribution in [3.63, 3.8) is 0 Å². The molecule has 1 atom stereocenters. The Hall–Kier alpha value is -0.840. The van der Waals surface area contributed by atoms with E-state index in [1.165, 1.54) is 0 Å². The zero-order chi connectivity index (χ0) is 11.3. The van der Waals surface area contributed by atoms with Crippen molar-refractivity contribution in [2.45, 2.75) is 13.8 Å². The van der Waals surface area contributed by atoms with Crippen LogP contribution in [0.2, 0.25) is 0 Å². The van der Waals surface area contributed by atoms with Gasteiger partial charge in [-0.15, -0.1) is 24.8 Å². The summed E-state index contributed by atoms with van der Waals surface area (Å²) in [6.45, 7) is 4.51. The maximum absolute atomic E-state index is 11.6. The first-order chi connectivity index (χ1) is 7.13. The molecule has 98 valence electrons. The van der Waals surface area contributed by atoms with Crippen molar-refractivity contribution in [2.75, 3.05) is 18.9 Å². The number of nitrogens with one attached hydrogen (secondary N) is 2. The lowest BCUT2D eigenvalue weighted by atomic mass is 10.1. The smallest absolute Gasteiger partial charge is 0.229 e. The number of nitrogens with zero attached hydrogens (tertiary/aromatic N) is 1. The van der Waals surface area contributed by atoms with Crippen molar-refractivity contribution in [1.29, 1.82) is 0 Å². The van der Waals surface area contributed by atoms with Crippen molar-refractivity contribution >= 4 is 36.5 Å². The van der Waals surface area contributed by atoms with Crippen LogP contribution < -0.4 is 10.6 Å². The number of hydrogen-bond acceptors (Lipinski definition) is 3. The topological polar surface area (TPSA) is 54.0 Å². The molecule has 0 aliphatic rings. The van der Waals surface area contributed by atoms with Gasteiger partial charge in [-0.1, -0.05) is 6.92 Å². The molecule has 0 spiro atoms. The molecule has 0 aliphatic heterocycles. The normalized spacial score (nSPS) is 10.8. The second-order valence-corrected chi connectivity index (χ2v) is 3.67. The second-order valence-electron chi connectivity index (χ2n) is 3.67. The number of hydrogen-bond donors (Lipinski definition) is 2. The van der Waals surface area contributed by atoms with Gasteiger partial charge in [0.25, 0.3) is 0 Å². The van der Waals surface area contributed by atoms with E-state index in [2.05, 4.69) is 15.6 Å². The Labute approximate surface area is 114 Å². The van der Waals surface area contributed by atoms with Gasteiger partial charge in [0.15, 0.2) is 0 Å². The Balaban J connectivity index is 0. The number of amides is 1. The zero-order valence-electron chi connectivity index (χ0n) is 10.2. The van der Waals surface area contributed by atoms with Crippen molar-refractivity contribution in [3.8, 4) is 0 Å². The highest BCUT2D eigenvalue weighted by atomic mass is 35.5. The molecule has 1 heterocycles. The fourth-order valence-corrected chi connectivity index (χ4v) is 1.25. The highest BCUT2D eigenvalue weighted by molar-refractivity contribution is 5.91. The van der Waals surface area contributed by atoms with Crippen LogP contribution in [0.15, 0.2) is 18.3 Å². The van der Waals surface area contributed by atoms with Crippen LogP contribution in [0, 0.1) is 12.8 Å². The van der Waals surface area contributed by atoms with E-state index < -0.39 is 0 Å². The summed E-state index contributed by atoms with van der Waals surface area (Å²) in [5.41, 5.74) is 1.08. The zero-order valence-corrected chi connectivity index (χ0v) is 11.8. The van der Waals surface area contributed by atoms with Crippen LogP contribution in [0.3, 0.4) is 0 Å². The number of aromatic nitrogens is 1. The van der Waals surface area contributed by atoms with Crippen LogP contribution in [-0.2, 0) is 4.79 Å². The van der Waals surface area contributed by atoms with Gasteiger partial charge in [0.2, 0.25) is 5.91 Å². The highest BCUT2D eigenvalue weighted by Crippen LogP contribution is 2.06. The van der Waals surface area contributed by atoms with E-state index in [-0.39, 0.29) is 36.6 Å². The summed E-state index contributed by atoms with van der Waals surface area (Å²) in [4.78, 5) is 15.7. The summed E-state index contributed by atoms with van der Waals surface area (Å²) in [5.74, 6) is 0.544. The van der Waals surface area contributed by atoms with Gasteiger partial charge in [-0.2, -0.15) is 0 Å². The lowest BCUT2D eigenvalue weighted by molar-refractivity contribution is -0.119. The first-order valence-corrected chi connectivity index (χ1v) is 5.01. The van der Waals surface area contributed by atoms with E-state index in [0.29, 0.717) is 12.4 Å². The van der Waals surface area contributed by atoms with E-state index in [1.54, 1.807) is 6.20 Å². The van der Waals surface area contributed by atoms with Gasteiger partial charge >= 0.3 is 0 Å². The molecule has 0 aromatic carbocycles. The molecule has 0 saturated heterocycles. The third kappa shape index (κ3) is 6.46. The molecule has 2 N–H and O–H groups in total. The predicted octanol–water partition coefficient (Wildman–Crippen LogP) is 2.03. The molecule has 1 unspecified atom stereocenters. The number of pyridine rings is 1. The number of rotatable bonds is 4. The number of carbonyl (C=O) groups is 1. The summed E-state index contributed by atoms with van der Waals surface area (Å²) in [7, 11) is 1.83. The maximum atomic E-state index is 11.6. The summed E-state index contributed by atoms with van der Waals surface area (Å²) in [6.07, 6.45) is 1.69. The number of halogens is 2. The van der Waals surface area contributed by atoms with Crippen molar-refractivity contribution in [2.24, 2.45) is 5.92 Å². The molecule has 0 aliphatic carbocycles. The molecule has 1 rings (SSSR count). The second kappa shape index (κ2) is 9.22. The van der Waals surface area contributed by atoms with Gasteiger partial charge in [0, 0.05) is 18.7 Å². The average Bonchev–Trinajstić information content (AvgIpc) is 2.18. The largest absolute Gasteiger partial charge is 0.319 e. The standard InChI is InChI=1S/C11H17N3O.2ClH/c1-8-4-5-13-10(6-8)14-11(15)9(2)7-12-3;;/h4-6,9,12H,7H2,1-3H3,(H,13,14,15);2*1H. The van der Waals surface area contributed by atoms with E-state index in [9.17, 15) is 4.79 Å². The van der Waals surface area contributed by atoms with Crippen LogP contribution >= 0.6 is 24.8 Å². The van der Waals surface area contributed by atoms with Crippen molar-refractivity contribution in [1.82, 2.24) is 10.3 Å². The monoisotopic (exact) mass is 279 g/mol. The fourth-order valence-electron chi connectivity index (χ4n) is 1.25. The van der Waals surface area contributed by atoms with Gasteiger partial charge in [0.05, 0.1) is 0 Å². The number of carbonyl (C=O) groups excluding carboxylic acids is 1. The predicted molar refractivity (Wildman–Crippen MR) is 75.2 cm³/mol. The molecular weight excluding hydrogens is 261 g/mol. The molecule has 0 saturated carbocycles. The summed E-state index contributed by atoms with van der Waals surface area (Å²) < 4.78 is 0. The van der Waals surface area contributed by atoms with E-state index in [1.807, 2.05) is 33.0 Å². The molecule has 0 fully saturated rings. The molecule has 1 amide bonds. The van der Waals surface area contributed by atoms with Crippen LogP contribution in [0.25, 0.3) is 0 Å². The van der Waals surface area contributed by atoms with Crippen molar-refractivity contribution < 1.29 is 4.79 Å². The Bertz CT molecular complexity index is 347. The lowest BCUT2D eigenvalue weighted by Crippen LogP contribution is -2.28. The molecule has 0 radical (unpaired) electrons. The van der Waals surface area contributed by atoms with E-state index in [0.717, 1.165) is 5.56 Å². The minimum Gasteiger partial charge on any atom is -0.319 e. The third-order valence-electron chi connectivity index (χ3n) is 2.12. The van der Waals surface area contributed by atoms with E-state index >= 15 is 0 Å². The minimum atomic E-state index is -0.0580. The highest BCUT2D eigenvalue weighted by Gasteiger charge is 2.11. The molecule has 0 bridgehead atoms. The maximum Gasteiger partial charge on any atom is 0.229 e. The first-order valence-electron chi connectivity index (χ1n) is 5.01. The minimum absolute atomic E-state index is 0. The van der Waals surface area contributed by atoms with Gasteiger partial charge in [-0.3, -0.25) is 4.79 Å². The molecule has 6 heteroatoms. The van der Waals surface area contributed by atoms with Gasteiger partial charge < -0.3 is 10.6 Å². The molecule has 1 aromatic rings.